The lowest BCUT2D eigenvalue weighted by molar-refractivity contribution is -0.137. The fourth-order valence-corrected chi connectivity index (χ4v) is 5.09. The molecular weight excluding hydrogens is 477 g/mol. The minimum Gasteiger partial charge on any atom is -0.329 e. The van der Waals surface area contributed by atoms with E-state index < -0.39 is 11.7 Å². The van der Waals surface area contributed by atoms with Crippen molar-refractivity contribution in [1.82, 2.24) is 19.9 Å². The molecule has 4 aromatic rings. The van der Waals surface area contributed by atoms with Gasteiger partial charge in [0.15, 0.2) is 5.69 Å². The molecule has 5 rings (SSSR count). The predicted octanol–water partition coefficient (Wildman–Crippen LogP) is 6.74. The largest absolute Gasteiger partial charge is 0.416 e. The summed E-state index contributed by atoms with van der Waals surface area (Å²) < 4.78 is 40.7. The summed E-state index contributed by atoms with van der Waals surface area (Å²) in [5, 5.41) is 8.16. The number of fused-ring (bicyclic) bond motifs is 1. The van der Waals surface area contributed by atoms with Crippen LogP contribution in [0, 0.1) is 5.41 Å². The average Bonchev–Trinajstić information content (AvgIpc) is 3.37. The van der Waals surface area contributed by atoms with Gasteiger partial charge in [-0.1, -0.05) is 68.4 Å². The van der Waals surface area contributed by atoms with Crippen molar-refractivity contribution in [3.63, 3.8) is 0 Å². The molecule has 1 aliphatic rings. The highest BCUT2D eigenvalue weighted by atomic mass is 19.4. The standard InChI is InChI=1S/C29H27F3N4O/c1-28(2,3)26-24-17-21(19-11-13-22(14-12-19)29(30,31)32)10-9-20(24)15-16-35(26)27(37)25-18-33-34-36(25)23-7-5-4-6-8-23/h4-14,17-18,26H,15-16H2,1-3H3. The molecule has 37 heavy (non-hydrogen) atoms. The van der Waals surface area contributed by atoms with E-state index in [0.717, 1.165) is 34.5 Å². The van der Waals surface area contributed by atoms with Crippen LogP contribution in [0.2, 0.25) is 0 Å². The Balaban J connectivity index is 1.53. The minimum absolute atomic E-state index is 0.167. The topological polar surface area (TPSA) is 51.0 Å². The molecule has 3 aromatic carbocycles. The van der Waals surface area contributed by atoms with Crippen LogP contribution in [0.3, 0.4) is 0 Å². The third kappa shape index (κ3) is 4.75. The van der Waals surface area contributed by atoms with Gasteiger partial charge in [-0.3, -0.25) is 4.79 Å². The van der Waals surface area contributed by atoms with E-state index >= 15 is 0 Å². The second kappa shape index (κ2) is 9.18. The normalized spacial score (nSPS) is 15.9. The molecule has 0 fully saturated rings. The first-order valence-corrected chi connectivity index (χ1v) is 12.1. The Hall–Kier alpha value is -3.94. The van der Waals surface area contributed by atoms with Crippen molar-refractivity contribution in [2.24, 2.45) is 5.41 Å². The van der Waals surface area contributed by atoms with Gasteiger partial charge in [-0.2, -0.15) is 13.2 Å². The lowest BCUT2D eigenvalue weighted by Crippen LogP contribution is -2.45. The van der Waals surface area contributed by atoms with Crippen molar-refractivity contribution in [2.45, 2.75) is 39.4 Å². The number of amides is 1. The Morgan fingerprint density at radius 3 is 2.24 bits per heavy atom. The van der Waals surface area contributed by atoms with E-state index in [9.17, 15) is 18.0 Å². The summed E-state index contributed by atoms with van der Waals surface area (Å²) in [7, 11) is 0. The first-order valence-electron chi connectivity index (χ1n) is 12.1. The van der Waals surface area contributed by atoms with Crippen molar-refractivity contribution in [1.29, 1.82) is 0 Å². The van der Waals surface area contributed by atoms with E-state index in [0.29, 0.717) is 24.2 Å². The summed E-state index contributed by atoms with van der Waals surface area (Å²) in [5.41, 5.74) is 3.78. The van der Waals surface area contributed by atoms with E-state index in [2.05, 4.69) is 31.1 Å². The highest BCUT2D eigenvalue weighted by molar-refractivity contribution is 5.93. The number of carbonyl (C=O) groups is 1. The zero-order valence-corrected chi connectivity index (χ0v) is 20.8. The number of benzene rings is 3. The summed E-state index contributed by atoms with van der Waals surface area (Å²) in [6.07, 6.45) is -2.22. The van der Waals surface area contributed by atoms with Crippen molar-refractivity contribution in [3.05, 3.63) is 101 Å². The summed E-state index contributed by atoms with van der Waals surface area (Å²) >= 11 is 0. The molecule has 0 bridgehead atoms. The molecule has 0 radical (unpaired) electrons. The van der Waals surface area contributed by atoms with Gasteiger partial charge in [-0.05, 0) is 64.4 Å². The van der Waals surface area contributed by atoms with Gasteiger partial charge >= 0.3 is 6.18 Å². The van der Waals surface area contributed by atoms with Gasteiger partial charge in [0.1, 0.15) is 0 Å². The van der Waals surface area contributed by atoms with E-state index in [1.807, 2.05) is 53.4 Å². The van der Waals surface area contributed by atoms with Crippen LogP contribution in [0.5, 0.6) is 0 Å². The third-order valence-electron chi connectivity index (χ3n) is 6.77. The second-order valence-corrected chi connectivity index (χ2v) is 10.4. The fraction of sp³-hybridized carbons (Fsp3) is 0.276. The molecule has 0 N–H and O–H groups in total. The number of hydrogen-bond donors (Lipinski definition) is 0. The third-order valence-corrected chi connectivity index (χ3v) is 6.77. The number of nitrogens with zero attached hydrogens (tertiary/aromatic N) is 4. The van der Waals surface area contributed by atoms with Crippen LogP contribution < -0.4 is 0 Å². The molecule has 2 heterocycles. The number of carbonyl (C=O) groups excluding carboxylic acids is 1. The van der Waals surface area contributed by atoms with Gasteiger partial charge < -0.3 is 4.90 Å². The van der Waals surface area contributed by atoms with Crippen molar-refractivity contribution in [3.8, 4) is 16.8 Å². The predicted molar refractivity (Wildman–Crippen MR) is 135 cm³/mol. The lowest BCUT2D eigenvalue weighted by atomic mass is 9.76. The van der Waals surface area contributed by atoms with Crippen LogP contribution in [0.1, 0.15) is 54.0 Å². The average molecular weight is 505 g/mol. The second-order valence-electron chi connectivity index (χ2n) is 10.4. The van der Waals surface area contributed by atoms with Gasteiger partial charge in [0.05, 0.1) is 23.5 Å². The SMILES string of the molecule is CC(C)(C)C1c2cc(-c3ccc(C(F)(F)F)cc3)ccc2CCN1C(=O)c1cnnn1-c1ccccc1. The smallest absolute Gasteiger partial charge is 0.329 e. The number of aromatic nitrogens is 3. The highest BCUT2D eigenvalue weighted by Crippen LogP contribution is 2.44. The van der Waals surface area contributed by atoms with Crippen LogP contribution in [0.15, 0.2) is 79.0 Å². The molecule has 5 nitrogen and oxygen atoms in total. The quantitative estimate of drug-likeness (QED) is 0.311. The maximum atomic E-state index is 13.9. The van der Waals surface area contributed by atoms with Gasteiger partial charge in [0.25, 0.3) is 5.91 Å². The van der Waals surface area contributed by atoms with Crippen molar-refractivity contribution in [2.75, 3.05) is 6.54 Å². The van der Waals surface area contributed by atoms with Gasteiger partial charge in [0.2, 0.25) is 0 Å². The molecule has 0 saturated carbocycles. The minimum atomic E-state index is -4.38. The number of hydrogen-bond acceptors (Lipinski definition) is 3. The van der Waals surface area contributed by atoms with Crippen LogP contribution in [-0.4, -0.2) is 32.3 Å². The Morgan fingerprint density at radius 2 is 1.59 bits per heavy atom. The summed E-state index contributed by atoms with van der Waals surface area (Å²) in [4.78, 5) is 15.8. The van der Waals surface area contributed by atoms with Crippen molar-refractivity contribution >= 4 is 5.91 Å². The first kappa shape index (κ1) is 24.7. The monoisotopic (exact) mass is 504 g/mol. The van der Waals surface area contributed by atoms with Crippen LogP contribution >= 0.6 is 0 Å². The Labute approximate surface area is 213 Å². The van der Waals surface area contributed by atoms with E-state index in [1.54, 1.807) is 4.68 Å². The molecule has 1 atom stereocenters. The van der Waals surface area contributed by atoms with Gasteiger partial charge in [0, 0.05) is 6.54 Å². The zero-order chi connectivity index (χ0) is 26.4. The van der Waals surface area contributed by atoms with E-state index in [-0.39, 0.29) is 17.4 Å². The molecule has 0 spiro atoms. The van der Waals surface area contributed by atoms with E-state index in [4.69, 9.17) is 0 Å². The summed E-state index contributed by atoms with van der Waals surface area (Å²) in [5.74, 6) is -0.167. The van der Waals surface area contributed by atoms with Gasteiger partial charge in [-0.25, -0.2) is 4.68 Å². The molecular formula is C29H27F3N4O. The Morgan fingerprint density at radius 1 is 0.919 bits per heavy atom. The Bertz CT molecular complexity index is 1420. The summed E-state index contributed by atoms with van der Waals surface area (Å²) in [6, 6.07) is 20.3. The number of alkyl halides is 3. The van der Waals surface area contributed by atoms with Gasteiger partial charge in [-0.15, -0.1) is 5.10 Å². The number of para-hydroxylation sites is 1. The van der Waals surface area contributed by atoms with Crippen LogP contribution in [0.25, 0.3) is 16.8 Å². The summed E-state index contributed by atoms with van der Waals surface area (Å²) in [6.45, 7) is 6.80. The molecule has 0 saturated heterocycles. The maximum absolute atomic E-state index is 13.9. The van der Waals surface area contributed by atoms with Crippen molar-refractivity contribution < 1.29 is 18.0 Å². The highest BCUT2D eigenvalue weighted by Gasteiger charge is 2.40. The molecule has 1 aromatic heterocycles. The molecule has 190 valence electrons. The lowest BCUT2D eigenvalue weighted by Gasteiger charge is -2.44. The van der Waals surface area contributed by atoms with Crippen LogP contribution in [-0.2, 0) is 12.6 Å². The zero-order valence-electron chi connectivity index (χ0n) is 20.8. The molecule has 0 aliphatic carbocycles. The molecule has 1 unspecified atom stereocenters. The molecule has 1 amide bonds. The maximum Gasteiger partial charge on any atom is 0.416 e. The number of halogens is 3. The fourth-order valence-electron chi connectivity index (χ4n) is 5.09. The van der Waals surface area contributed by atoms with E-state index in [1.165, 1.54) is 18.3 Å². The Kier molecular flexibility index (Phi) is 6.14. The van der Waals surface area contributed by atoms with Crippen LogP contribution in [0.4, 0.5) is 13.2 Å². The first-order chi connectivity index (χ1) is 17.5. The molecule has 1 aliphatic heterocycles. The number of rotatable bonds is 3. The molecule has 8 heteroatoms.